The summed E-state index contributed by atoms with van der Waals surface area (Å²) in [5.74, 6) is 1.03. The molecule has 0 unspecified atom stereocenters. The van der Waals surface area contributed by atoms with E-state index in [1.807, 2.05) is 30.3 Å². The summed E-state index contributed by atoms with van der Waals surface area (Å²) < 4.78 is 0.998. The van der Waals surface area contributed by atoms with Crippen molar-refractivity contribution in [2.24, 2.45) is 17.8 Å². The maximum atomic E-state index is 12.3. The van der Waals surface area contributed by atoms with E-state index in [1.165, 1.54) is 0 Å². The smallest absolute Gasteiger partial charge is 0.249 e. The highest BCUT2D eigenvalue weighted by Crippen LogP contribution is 2.32. The highest BCUT2D eigenvalue weighted by Gasteiger charge is 2.42. The van der Waals surface area contributed by atoms with Gasteiger partial charge in [-0.2, -0.15) is 0 Å². The zero-order valence-electron chi connectivity index (χ0n) is 11.4. The van der Waals surface area contributed by atoms with E-state index in [0.717, 1.165) is 16.5 Å². The molecule has 0 bridgehead atoms. The van der Waals surface area contributed by atoms with Crippen LogP contribution < -0.4 is 0 Å². The average Bonchev–Trinajstić information content (AvgIpc) is 2.74. The molecule has 1 aliphatic rings. The van der Waals surface area contributed by atoms with E-state index >= 15 is 0 Å². The molecular formula is C15H20INO2. The topological polar surface area (TPSA) is 29.5 Å². The van der Waals surface area contributed by atoms with Crippen LogP contribution >= 0.6 is 22.6 Å². The standard InChI is InChI=1S/C15H20INO2/c1-11(2)14-13(8-16)9-17(15(14)18)19-10-12-6-4-3-5-7-12/h3-7,11,13-14H,8-10H2,1-2H3/t13-,14+/m1/s1. The Bertz CT molecular complexity index is 421. The molecule has 1 aliphatic heterocycles. The minimum absolute atomic E-state index is 0.104. The SMILES string of the molecule is CC(C)[C@@H]1C(=O)N(OCc2ccccc2)C[C@H]1CI. The molecule has 0 radical (unpaired) electrons. The molecule has 1 saturated heterocycles. The van der Waals surface area contributed by atoms with E-state index in [0.29, 0.717) is 18.4 Å². The molecule has 19 heavy (non-hydrogen) atoms. The van der Waals surface area contributed by atoms with Gasteiger partial charge in [-0.05, 0) is 17.4 Å². The van der Waals surface area contributed by atoms with Gasteiger partial charge in [-0.25, -0.2) is 5.06 Å². The molecule has 0 aliphatic carbocycles. The van der Waals surface area contributed by atoms with Gasteiger partial charge in [0.25, 0.3) is 0 Å². The first-order valence-electron chi connectivity index (χ1n) is 6.67. The first-order chi connectivity index (χ1) is 9.13. The van der Waals surface area contributed by atoms with Crippen molar-refractivity contribution in [1.82, 2.24) is 5.06 Å². The number of hydroxylamine groups is 2. The molecule has 104 valence electrons. The summed E-state index contributed by atoms with van der Waals surface area (Å²) in [6, 6.07) is 9.96. The van der Waals surface area contributed by atoms with Crippen molar-refractivity contribution in [1.29, 1.82) is 0 Å². The van der Waals surface area contributed by atoms with E-state index in [1.54, 1.807) is 5.06 Å². The summed E-state index contributed by atoms with van der Waals surface area (Å²) >= 11 is 2.36. The van der Waals surface area contributed by atoms with E-state index in [4.69, 9.17) is 4.84 Å². The second-order valence-electron chi connectivity index (χ2n) is 5.34. The van der Waals surface area contributed by atoms with Crippen LogP contribution in [0.4, 0.5) is 0 Å². The van der Waals surface area contributed by atoms with Crippen LogP contribution in [-0.4, -0.2) is 21.9 Å². The summed E-state index contributed by atoms with van der Waals surface area (Å²) in [6.07, 6.45) is 0. The zero-order chi connectivity index (χ0) is 13.8. The van der Waals surface area contributed by atoms with E-state index < -0.39 is 0 Å². The lowest BCUT2D eigenvalue weighted by Gasteiger charge is -2.18. The largest absolute Gasteiger partial charge is 0.272 e. The molecule has 1 heterocycles. The Labute approximate surface area is 128 Å². The molecule has 0 aromatic heterocycles. The van der Waals surface area contributed by atoms with Gasteiger partial charge in [0, 0.05) is 10.3 Å². The van der Waals surface area contributed by atoms with Crippen molar-refractivity contribution < 1.29 is 9.63 Å². The highest BCUT2D eigenvalue weighted by atomic mass is 127. The van der Waals surface area contributed by atoms with Crippen molar-refractivity contribution in [3.05, 3.63) is 35.9 Å². The van der Waals surface area contributed by atoms with Gasteiger partial charge >= 0.3 is 0 Å². The van der Waals surface area contributed by atoms with Gasteiger partial charge in [-0.3, -0.25) is 9.63 Å². The van der Waals surface area contributed by atoms with Crippen molar-refractivity contribution in [3.8, 4) is 0 Å². The van der Waals surface area contributed by atoms with E-state index in [-0.39, 0.29) is 11.8 Å². The Morgan fingerprint density at radius 1 is 1.37 bits per heavy atom. The summed E-state index contributed by atoms with van der Waals surface area (Å²) in [4.78, 5) is 18.0. The molecule has 4 heteroatoms. The van der Waals surface area contributed by atoms with Gasteiger partial charge in [0.15, 0.2) is 0 Å². The van der Waals surface area contributed by atoms with Crippen molar-refractivity contribution in [3.63, 3.8) is 0 Å². The monoisotopic (exact) mass is 373 g/mol. The summed E-state index contributed by atoms with van der Waals surface area (Å²) in [6.45, 7) is 5.41. The maximum absolute atomic E-state index is 12.3. The Balaban J connectivity index is 1.97. The third kappa shape index (κ3) is 3.48. The number of nitrogens with zero attached hydrogens (tertiary/aromatic N) is 1. The first kappa shape index (κ1) is 14.8. The average molecular weight is 373 g/mol. The summed E-state index contributed by atoms with van der Waals surface area (Å²) in [5.41, 5.74) is 1.09. The quantitative estimate of drug-likeness (QED) is 0.586. The van der Waals surface area contributed by atoms with Crippen molar-refractivity contribution >= 4 is 28.5 Å². The predicted molar refractivity (Wildman–Crippen MR) is 83.6 cm³/mol. The molecule has 0 N–H and O–H groups in total. The van der Waals surface area contributed by atoms with Crippen LogP contribution in [0.25, 0.3) is 0 Å². The lowest BCUT2D eigenvalue weighted by atomic mass is 9.87. The molecule has 1 fully saturated rings. The van der Waals surface area contributed by atoms with Crippen LogP contribution in [0.3, 0.4) is 0 Å². The molecule has 3 nitrogen and oxygen atoms in total. The first-order valence-corrected chi connectivity index (χ1v) is 8.20. The fourth-order valence-corrected chi connectivity index (χ4v) is 3.43. The molecule has 1 aromatic rings. The van der Waals surface area contributed by atoms with Crippen molar-refractivity contribution in [2.45, 2.75) is 20.5 Å². The van der Waals surface area contributed by atoms with Gasteiger partial charge in [-0.1, -0.05) is 66.8 Å². The third-order valence-corrected chi connectivity index (χ3v) is 4.72. The van der Waals surface area contributed by atoms with Gasteiger partial charge in [0.1, 0.15) is 6.61 Å². The summed E-state index contributed by atoms with van der Waals surface area (Å²) in [5, 5.41) is 1.57. The van der Waals surface area contributed by atoms with Crippen LogP contribution in [-0.2, 0) is 16.2 Å². The van der Waals surface area contributed by atoms with Crippen LogP contribution in [0.15, 0.2) is 30.3 Å². The maximum Gasteiger partial charge on any atom is 0.249 e. The van der Waals surface area contributed by atoms with Crippen molar-refractivity contribution in [2.75, 3.05) is 11.0 Å². The summed E-state index contributed by atoms with van der Waals surface area (Å²) in [7, 11) is 0. The number of carbonyl (C=O) groups is 1. The molecular weight excluding hydrogens is 353 g/mol. The Hall–Kier alpha value is -0.620. The molecule has 2 atom stereocenters. The lowest BCUT2D eigenvalue weighted by molar-refractivity contribution is -0.185. The van der Waals surface area contributed by atoms with Crippen LogP contribution in [0.1, 0.15) is 19.4 Å². The minimum Gasteiger partial charge on any atom is -0.272 e. The molecule has 0 spiro atoms. The number of rotatable bonds is 5. The fourth-order valence-electron chi connectivity index (χ4n) is 2.60. The van der Waals surface area contributed by atoms with Gasteiger partial charge in [0.2, 0.25) is 5.91 Å². The second-order valence-corrected chi connectivity index (χ2v) is 6.22. The highest BCUT2D eigenvalue weighted by molar-refractivity contribution is 14.1. The fraction of sp³-hybridized carbons (Fsp3) is 0.533. The number of alkyl halides is 1. The van der Waals surface area contributed by atoms with Crippen LogP contribution in [0, 0.1) is 17.8 Å². The van der Waals surface area contributed by atoms with Gasteiger partial charge in [-0.15, -0.1) is 0 Å². The molecule has 0 saturated carbocycles. The molecule has 1 aromatic carbocycles. The number of halogens is 1. The minimum atomic E-state index is 0.104. The van der Waals surface area contributed by atoms with E-state index in [2.05, 4.69) is 36.4 Å². The Kier molecular flexibility index (Phi) is 5.21. The van der Waals surface area contributed by atoms with Crippen LogP contribution in [0.5, 0.6) is 0 Å². The normalized spacial score (nSPS) is 23.4. The number of carbonyl (C=O) groups excluding carboxylic acids is 1. The number of hydrogen-bond acceptors (Lipinski definition) is 2. The Morgan fingerprint density at radius 3 is 2.58 bits per heavy atom. The number of hydrogen-bond donors (Lipinski definition) is 0. The molecule has 1 amide bonds. The van der Waals surface area contributed by atoms with Gasteiger partial charge < -0.3 is 0 Å². The molecule has 2 rings (SSSR count). The third-order valence-electron chi connectivity index (χ3n) is 3.59. The number of amides is 1. The van der Waals surface area contributed by atoms with Gasteiger partial charge in [0.05, 0.1) is 6.54 Å². The number of benzene rings is 1. The predicted octanol–water partition coefficient (Wildman–Crippen LogP) is 3.28. The van der Waals surface area contributed by atoms with Crippen LogP contribution in [0.2, 0.25) is 0 Å². The lowest BCUT2D eigenvalue weighted by Crippen LogP contribution is -2.29. The van der Waals surface area contributed by atoms with E-state index in [9.17, 15) is 4.79 Å². The Morgan fingerprint density at radius 2 is 2.05 bits per heavy atom. The zero-order valence-corrected chi connectivity index (χ0v) is 13.5. The second kappa shape index (κ2) is 6.70.